The molecule has 1 fully saturated rings. The molecule has 6 nitrogen and oxygen atoms in total. The first-order valence-corrected chi connectivity index (χ1v) is 11.7. The van der Waals surface area contributed by atoms with Crippen LogP contribution in [0, 0.1) is 13.8 Å². The molecule has 1 aliphatic rings. The van der Waals surface area contributed by atoms with Gasteiger partial charge in [-0.1, -0.05) is 23.4 Å². The Morgan fingerprint density at radius 1 is 1.16 bits per heavy atom. The van der Waals surface area contributed by atoms with Crippen LogP contribution in [0.1, 0.15) is 51.1 Å². The van der Waals surface area contributed by atoms with Crippen molar-refractivity contribution in [3.05, 3.63) is 76.1 Å². The topological polar surface area (TPSA) is 68.5 Å². The van der Waals surface area contributed by atoms with Crippen LogP contribution >= 0.6 is 11.3 Å². The Bertz CT molecular complexity index is 1200. The lowest BCUT2D eigenvalue weighted by Crippen LogP contribution is -2.37. The van der Waals surface area contributed by atoms with Gasteiger partial charge in [0.25, 0.3) is 5.91 Å². The number of likely N-dealkylation sites (tertiary alicyclic amines) is 1. The van der Waals surface area contributed by atoms with Gasteiger partial charge in [0.2, 0.25) is 0 Å². The molecule has 2 aromatic carbocycles. The third kappa shape index (κ3) is 4.12. The highest BCUT2D eigenvalue weighted by Crippen LogP contribution is 2.34. The van der Waals surface area contributed by atoms with E-state index in [1.807, 2.05) is 49.1 Å². The Kier molecular flexibility index (Phi) is 5.66. The zero-order valence-electron chi connectivity index (χ0n) is 18.2. The van der Waals surface area contributed by atoms with E-state index in [2.05, 4.69) is 23.4 Å². The number of hydrogen-bond acceptors (Lipinski definition) is 6. The number of carbonyl (C=O) groups is 1. The number of fused-ring (bicyclic) bond motifs is 1. The second-order valence-corrected chi connectivity index (χ2v) is 9.27. The van der Waals surface area contributed by atoms with E-state index in [0.29, 0.717) is 23.8 Å². The number of aryl methyl sites for hydroxylation is 2. The molecule has 4 aromatic rings. The second-order valence-electron chi connectivity index (χ2n) is 8.21. The summed E-state index contributed by atoms with van der Waals surface area (Å²) in [4.78, 5) is 19.9. The molecule has 0 spiro atoms. The van der Waals surface area contributed by atoms with Gasteiger partial charge in [0.1, 0.15) is 18.1 Å². The zero-order valence-corrected chi connectivity index (χ0v) is 19.0. The number of thiazole rings is 1. The average Bonchev–Trinajstić information content (AvgIpc) is 3.40. The van der Waals surface area contributed by atoms with Crippen LogP contribution in [0.15, 0.2) is 53.1 Å². The molecular weight excluding hydrogens is 422 g/mol. The molecule has 0 radical (unpaired) electrons. The summed E-state index contributed by atoms with van der Waals surface area (Å²) in [6, 6.07) is 15.7. The van der Waals surface area contributed by atoms with Gasteiger partial charge in [0, 0.05) is 24.6 Å². The molecule has 0 atom stereocenters. The first kappa shape index (κ1) is 20.7. The number of para-hydroxylation sites is 1. The van der Waals surface area contributed by atoms with E-state index in [-0.39, 0.29) is 5.91 Å². The van der Waals surface area contributed by atoms with Crippen LogP contribution in [-0.2, 0) is 6.61 Å². The normalized spacial score (nSPS) is 14.8. The van der Waals surface area contributed by atoms with E-state index < -0.39 is 0 Å². The smallest absolute Gasteiger partial charge is 0.253 e. The van der Waals surface area contributed by atoms with Gasteiger partial charge in [-0.05, 0) is 57.0 Å². The second kappa shape index (κ2) is 8.74. The summed E-state index contributed by atoms with van der Waals surface area (Å²) in [5, 5.41) is 5.14. The minimum absolute atomic E-state index is 0.0514. The van der Waals surface area contributed by atoms with Crippen LogP contribution in [0.4, 0.5) is 0 Å². The van der Waals surface area contributed by atoms with E-state index in [4.69, 9.17) is 14.2 Å². The van der Waals surface area contributed by atoms with Crippen LogP contribution in [-0.4, -0.2) is 34.0 Å². The maximum Gasteiger partial charge on any atom is 0.253 e. The predicted octanol–water partition coefficient (Wildman–Crippen LogP) is 5.50. The van der Waals surface area contributed by atoms with Gasteiger partial charge in [-0.2, -0.15) is 0 Å². The van der Waals surface area contributed by atoms with Crippen molar-refractivity contribution in [1.82, 2.24) is 15.0 Å². The Morgan fingerprint density at radius 2 is 1.97 bits per heavy atom. The van der Waals surface area contributed by atoms with Gasteiger partial charge >= 0.3 is 0 Å². The van der Waals surface area contributed by atoms with E-state index >= 15 is 0 Å². The molecule has 164 valence electrons. The van der Waals surface area contributed by atoms with Crippen LogP contribution in [0.3, 0.4) is 0 Å². The van der Waals surface area contributed by atoms with Crippen molar-refractivity contribution >= 4 is 27.5 Å². The Labute approximate surface area is 190 Å². The van der Waals surface area contributed by atoms with Gasteiger partial charge in [-0.15, -0.1) is 11.3 Å². The third-order valence-electron chi connectivity index (χ3n) is 6.09. The van der Waals surface area contributed by atoms with Gasteiger partial charge in [-0.3, -0.25) is 4.79 Å². The van der Waals surface area contributed by atoms with Crippen LogP contribution in [0.5, 0.6) is 5.75 Å². The van der Waals surface area contributed by atoms with Crippen LogP contribution in [0.25, 0.3) is 10.2 Å². The maximum absolute atomic E-state index is 13.1. The first-order chi connectivity index (χ1) is 15.6. The molecule has 0 aliphatic carbocycles. The van der Waals surface area contributed by atoms with E-state index in [0.717, 1.165) is 48.5 Å². The quantitative estimate of drug-likeness (QED) is 0.404. The molecule has 1 saturated heterocycles. The first-order valence-electron chi connectivity index (χ1n) is 10.9. The van der Waals surface area contributed by atoms with Gasteiger partial charge < -0.3 is 14.2 Å². The fourth-order valence-corrected chi connectivity index (χ4v) is 5.30. The zero-order chi connectivity index (χ0) is 22.1. The predicted molar refractivity (Wildman–Crippen MR) is 124 cm³/mol. The highest BCUT2D eigenvalue weighted by Gasteiger charge is 2.26. The molecule has 2 aromatic heterocycles. The molecule has 0 N–H and O–H groups in total. The van der Waals surface area contributed by atoms with E-state index in [9.17, 15) is 4.79 Å². The minimum atomic E-state index is 0.0514. The maximum atomic E-state index is 13.1. The van der Waals surface area contributed by atoms with Crippen molar-refractivity contribution in [3.8, 4) is 5.75 Å². The average molecular weight is 448 g/mol. The van der Waals surface area contributed by atoms with E-state index in [1.54, 1.807) is 11.3 Å². The highest BCUT2D eigenvalue weighted by atomic mass is 32.1. The number of piperidine rings is 1. The molecule has 0 saturated carbocycles. The van der Waals surface area contributed by atoms with Crippen molar-refractivity contribution in [2.75, 3.05) is 13.1 Å². The largest absolute Gasteiger partial charge is 0.489 e. The van der Waals surface area contributed by atoms with Crippen LogP contribution in [0.2, 0.25) is 0 Å². The summed E-state index contributed by atoms with van der Waals surface area (Å²) in [6.07, 6.45) is 1.88. The van der Waals surface area contributed by atoms with Crippen molar-refractivity contribution in [2.24, 2.45) is 0 Å². The summed E-state index contributed by atoms with van der Waals surface area (Å²) < 4.78 is 12.3. The molecule has 5 rings (SSSR count). The number of carbonyl (C=O) groups excluding carboxylic acids is 1. The van der Waals surface area contributed by atoms with Gasteiger partial charge in [-0.25, -0.2) is 4.98 Å². The molecule has 1 aliphatic heterocycles. The summed E-state index contributed by atoms with van der Waals surface area (Å²) in [6.45, 7) is 5.61. The lowest BCUT2D eigenvalue weighted by Gasteiger charge is -2.31. The van der Waals surface area contributed by atoms with Crippen molar-refractivity contribution in [1.29, 1.82) is 0 Å². The summed E-state index contributed by atoms with van der Waals surface area (Å²) in [7, 11) is 0. The number of amides is 1. The number of benzene rings is 2. The minimum Gasteiger partial charge on any atom is -0.489 e. The lowest BCUT2D eigenvalue weighted by atomic mass is 9.97. The molecule has 32 heavy (non-hydrogen) atoms. The highest BCUT2D eigenvalue weighted by molar-refractivity contribution is 7.18. The molecule has 0 unspecified atom stereocenters. The van der Waals surface area contributed by atoms with Crippen molar-refractivity contribution < 1.29 is 14.1 Å². The number of aromatic nitrogens is 2. The summed E-state index contributed by atoms with van der Waals surface area (Å²) in [5.41, 5.74) is 3.49. The van der Waals surface area contributed by atoms with Crippen LogP contribution < -0.4 is 4.74 Å². The van der Waals surface area contributed by atoms with Crippen molar-refractivity contribution in [2.45, 2.75) is 39.2 Å². The fourth-order valence-electron chi connectivity index (χ4n) is 4.16. The number of hydrogen-bond donors (Lipinski definition) is 0. The number of nitrogens with zero attached hydrogens (tertiary/aromatic N) is 3. The molecule has 7 heteroatoms. The SMILES string of the molecule is Cc1noc(C)c1COc1cccc(C(=O)N2CCC(c3nc4ccccc4s3)CC2)c1. The third-order valence-corrected chi connectivity index (χ3v) is 7.29. The lowest BCUT2D eigenvalue weighted by molar-refractivity contribution is 0.0712. The molecule has 1 amide bonds. The summed E-state index contributed by atoms with van der Waals surface area (Å²) in [5.74, 6) is 1.89. The standard InChI is InChI=1S/C25H25N3O3S/c1-16-21(17(2)31-27-16)15-30-20-7-5-6-19(14-20)25(29)28-12-10-18(11-13-28)24-26-22-8-3-4-9-23(22)32-24/h3-9,14,18H,10-13,15H2,1-2H3. The number of rotatable bonds is 5. The monoisotopic (exact) mass is 447 g/mol. The molecule has 0 bridgehead atoms. The summed E-state index contributed by atoms with van der Waals surface area (Å²) >= 11 is 1.78. The molecular formula is C25H25N3O3S. The Balaban J connectivity index is 1.22. The fraction of sp³-hybridized carbons (Fsp3) is 0.320. The number of ether oxygens (including phenoxy) is 1. The Hall–Kier alpha value is -3.19. The van der Waals surface area contributed by atoms with Crippen molar-refractivity contribution in [3.63, 3.8) is 0 Å². The van der Waals surface area contributed by atoms with Gasteiger partial charge in [0.15, 0.2) is 0 Å². The van der Waals surface area contributed by atoms with Gasteiger partial charge in [0.05, 0.1) is 26.5 Å². The molecule has 3 heterocycles. The van der Waals surface area contributed by atoms with E-state index in [1.165, 1.54) is 9.71 Å². The Morgan fingerprint density at radius 3 is 2.72 bits per heavy atom.